The number of anilines is 1. The summed E-state index contributed by atoms with van der Waals surface area (Å²) in [5.74, 6) is 0.468. The van der Waals surface area contributed by atoms with E-state index in [-0.39, 0.29) is 17.4 Å². The normalized spacial score (nSPS) is 16.8. The van der Waals surface area contributed by atoms with Crippen LogP contribution in [0.2, 0.25) is 0 Å². The molecule has 1 aliphatic heterocycles. The van der Waals surface area contributed by atoms with Crippen molar-refractivity contribution >= 4 is 23.1 Å². The van der Waals surface area contributed by atoms with Crippen LogP contribution >= 0.6 is 0 Å². The fourth-order valence-electron chi connectivity index (χ4n) is 4.31. The maximum absolute atomic E-state index is 13.4. The molecule has 0 aliphatic carbocycles. The number of ether oxygens (including phenoxy) is 3. The van der Waals surface area contributed by atoms with Gasteiger partial charge in [-0.2, -0.15) is 0 Å². The van der Waals surface area contributed by atoms with Gasteiger partial charge in [0.25, 0.3) is 11.7 Å². The molecule has 1 amide bonds. The van der Waals surface area contributed by atoms with Crippen LogP contribution in [0.3, 0.4) is 0 Å². The molecule has 1 fully saturated rings. The van der Waals surface area contributed by atoms with Crippen molar-refractivity contribution in [2.45, 2.75) is 39.8 Å². The third kappa shape index (κ3) is 5.67. The zero-order chi connectivity index (χ0) is 27.4. The molecule has 0 spiro atoms. The van der Waals surface area contributed by atoms with E-state index in [2.05, 4.69) is 13.8 Å². The lowest BCUT2D eigenvalue weighted by molar-refractivity contribution is -0.132. The van der Waals surface area contributed by atoms with Crippen LogP contribution in [0.5, 0.6) is 17.2 Å². The lowest BCUT2D eigenvalue weighted by Crippen LogP contribution is -2.29. The second-order valence-corrected chi connectivity index (χ2v) is 9.84. The third-order valence-electron chi connectivity index (χ3n) is 6.05. The number of aliphatic hydroxyl groups is 1. The van der Waals surface area contributed by atoms with Gasteiger partial charge in [0.15, 0.2) is 0 Å². The Kier molecular flexibility index (Phi) is 8.05. The number of ketones is 1. The lowest BCUT2D eigenvalue weighted by atomic mass is 9.95. The number of nitrogens with zero attached hydrogens (tertiary/aromatic N) is 1. The molecule has 3 aromatic rings. The average Bonchev–Trinajstić information content (AvgIpc) is 3.17. The first-order valence-corrected chi connectivity index (χ1v) is 12.6. The number of hydrogen-bond donors (Lipinski definition) is 1. The highest BCUT2D eigenvalue weighted by Gasteiger charge is 2.47. The van der Waals surface area contributed by atoms with Gasteiger partial charge in [0.1, 0.15) is 23.0 Å². The number of carbonyl (C=O) groups excluding carboxylic acids is 2. The van der Waals surface area contributed by atoms with Gasteiger partial charge in [-0.1, -0.05) is 38.1 Å². The van der Waals surface area contributed by atoms with Gasteiger partial charge < -0.3 is 19.3 Å². The van der Waals surface area contributed by atoms with E-state index in [4.69, 9.17) is 14.2 Å². The van der Waals surface area contributed by atoms with Crippen molar-refractivity contribution < 1.29 is 28.9 Å². The molecule has 0 saturated carbocycles. The first kappa shape index (κ1) is 26.8. The van der Waals surface area contributed by atoms with E-state index in [1.807, 2.05) is 13.8 Å². The van der Waals surface area contributed by atoms with E-state index in [0.29, 0.717) is 46.6 Å². The number of rotatable bonds is 9. The summed E-state index contributed by atoms with van der Waals surface area (Å²) in [5, 5.41) is 11.4. The second kappa shape index (κ2) is 11.4. The van der Waals surface area contributed by atoms with E-state index in [1.165, 1.54) is 4.90 Å². The molecule has 1 saturated heterocycles. The van der Waals surface area contributed by atoms with Gasteiger partial charge >= 0.3 is 0 Å². The summed E-state index contributed by atoms with van der Waals surface area (Å²) in [6.07, 6.45) is -0.0650. The first-order chi connectivity index (χ1) is 18.2. The summed E-state index contributed by atoms with van der Waals surface area (Å²) in [6.45, 7) is 8.50. The van der Waals surface area contributed by atoms with Gasteiger partial charge in [0.05, 0.1) is 31.4 Å². The Morgan fingerprint density at radius 2 is 1.55 bits per heavy atom. The Bertz CT molecular complexity index is 1330. The number of amides is 1. The molecule has 198 valence electrons. The van der Waals surface area contributed by atoms with Crippen LogP contribution < -0.4 is 19.1 Å². The highest BCUT2D eigenvalue weighted by molar-refractivity contribution is 6.51. The minimum atomic E-state index is -0.849. The highest BCUT2D eigenvalue weighted by atomic mass is 16.5. The van der Waals surface area contributed by atoms with Crippen molar-refractivity contribution in [1.29, 1.82) is 0 Å². The van der Waals surface area contributed by atoms with E-state index < -0.39 is 17.7 Å². The first-order valence-electron chi connectivity index (χ1n) is 12.6. The van der Waals surface area contributed by atoms with Crippen molar-refractivity contribution in [3.63, 3.8) is 0 Å². The zero-order valence-electron chi connectivity index (χ0n) is 22.3. The molecule has 1 heterocycles. The van der Waals surface area contributed by atoms with E-state index >= 15 is 0 Å². The van der Waals surface area contributed by atoms with E-state index in [0.717, 1.165) is 0 Å². The predicted octanol–water partition coefficient (Wildman–Crippen LogP) is 6.14. The molecule has 4 rings (SSSR count). The average molecular weight is 516 g/mol. The molecule has 7 nitrogen and oxygen atoms in total. The van der Waals surface area contributed by atoms with E-state index in [9.17, 15) is 14.7 Å². The van der Waals surface area contributed by atoms with Crippen molar-refractivity contribution in [1.82, 2.24) is 0 Å². The molecule has 1 aliphatic rings. The van der Waals surface area contributed by atoms with Gasteiger partial charge in [-0.3, -0.25) is 14.5 Å². The predicted molar refractivity (Wildman–Crippen MR) is 147 cm³/mol. The van der Waals surface area contributed by atoms with Crippen LogP contribution in [0.4, 0.5) is 5.69 Å². The molecule has 0 radical (unpaired) electrons. The Hall–Kier alpha value is -4.26. The Morgan fingerprint density at radius 1 is 0.895 bits per heavy atom. The van der Waals surface area contributed by atoms with Gasteiger partial charge in [0.2, 0.25) is 0 Å². The Labute approximate surface area is 223 Å². The number of aliphatic hydroxyl groups excluding tert-OH is 1. The summed E-state index contributed by atoms with van der Waals surface area (Å²) >= 11 is 0. The van der Waals surface area contributed by atoms with Gasteiger partial charge in [-0.25, -0.2) is 0 Å². The van der Waals surface area contributed by atoms with Crippen LogP contribution in [-0.4, -0.2) is 36.6 Å². The molecule has 1 unspecified atom stereocenters. The Balaban J connectivity index is 1.81. The van der Waals surface area contributed by atoms with Crippen molar-refractivity contribution in [2.75, 3.05) is 18.6 Å². The summed E-state index contributed by atoms with van der Waals surface area (Å²) in [6, 6.07) is 20.1. The Morgan fingerprint density at radius 3 is 2.16 bits per heavy atom. The molecule has 0 aromatic heterocycles. The molecule has 38 heavy (non-hydrogen) atoms. The molecule has 1 atom stereocenters. The molecular weight excluding hydrogens is 482 g/mol. The molecule has 7 heteroatoms. The number of carbonyl (C=O) groups is 2. The summed E-state index contributed by atoms with van der Waals surface area (Å²) in [7, 11) is 1.57. The van der Waals surface area contributed by atoms with Crippen LogP contribution in [0.25, 0.3) is 5.76 Å². The van der Waals surface area contributed by atoms with E-state index in [1.54, 1.807) is 79.9 Å². The van der Waals surface area contributed by atoms with Gasteiger partial charge in [-0.15, -0.1) is 0 Å². The minimum Gasteiger partial charge on any atom is -0.507 e. The number of hydrogen-bond acceptors (Lipinski definition) is 6. The standard InChI is InChI=1S/C31H33NO6/c1-19(2)18-37-25-15-11-23(12-16-25)32-28(21-9-13-24(36-5)14-10-21)27(30(34)31(32)35)29(33)22-7-6-8-26(17-22)38-20(3)4/h6-17,19-20,28,33H,18H2,1-5H3/b29-27-. The monoisotopic (exact) mass is 515 g/mol. The maximum Gasteiger partial charge on any atom is 0.300 e. The fraction of sp³-hybridized carbons (Fsp3) is 0.290. The minimum absolute atomic E-state index is 0.00185. The van der Waals surface area contributed by atoms with Crippen molar-refractivity contribution in [3.8, 4) is 17.2 Å². The zero-order valence-corrected chi connectivity index (χ0v) is 22.3. The van der Waals surface area contributed by atoms with Crippen LogP contribution in [0.1, 0.15) is 44.9 Å². The van der Waals surface area contributed by atoms with Gasteiger partial charge in [0, 0.05) is 11.3 Å². The quantitative estimate of drug-likeness (QED) is 0.209. The molecular formula is C31H33NO6. The van der Waals surface area contributed by atoms with Crippen LogP contribution in [0.15, 0.2) is 78.4 Å². The highest BCUT2D eigenvalue weighted by Crippen LogP contribution is 2.43. The number of Topliss-reactive ketones (excluding diaryl/α,β-unsaturated/α-hetero) is 1. The maximum atomic E-state index is 13.4. The van der Waals surface area contributed by atoms with Crippen molar-refractivity contribution in [2.24, 2.45) is 5.92 Å². The molecule has 1 N–H and O–H groups in total. The smallest absolute Gasteiger partial charge is 0.300 e. The number of methoxy groups -OCH3 is 1. The molecule has 0 bridgehead atoms. The van der Waals surface area contributed by atoms with Crippen LogP contribution in [-0.2, 0) is 9.59 Å². The fourth-order valence-corrected chi connectivity index (χ4v) is 4.31. The SMILES string of the molecule is COc1ccc(C2/C(=C(/O)c3cccc(OC(C)C)c3)C(=O)C(=O)N2c2ccc(OCC(C)C)cc2)cc1. The number of benzene rings is 3. The summed E-state index contributed by atoms with van der Waals surface area (Å²) in [4.78, 5) is 28.3. The molecule has 3 aromatic carbocycles. The lowest BCUT2D eigenvalue weighted by Gasteiger charge is -2.26. The second-order valence-electron chi connectivity index (χ2n) is 9.84. The summed E-state index contributed by atoms with van der Waals surface area (Å²) < 4.78 is 16.8. The largest absolute Gasteiger partial charge is 0.507 e. The third-order valence-corrected chi connectivity index (χ3v) is 6.05. The van der Waals surface area contributed by atoms with Crippen LogP contribution in [0, 0.1) is 5.92 Å². The van der Waals surface area contributed by atoms with Gasteiger partial charge in [-0.05, 0) is 73.9 Å². The topological polar surface area (TPSA) is 85.3 Å². The summed E-state index contributed by atoms with van der Waals surface area (Å²) in [5.41, 5.74) is 1.56. The van der Waals surface area contributed by atoms with Crippen molar-refractivity contribution in [3.05, 3.63) is 89.5 Å².